The molecule has 1 aromatic carbocycles. The third-order valence-electron chi connectivity index (χ3n) is 2.14. The molecule has 16 heavy (non-hydrogen) atoms. The first-order valence-electron chi connectivity index (χ1n) is 4.85. The van der Waals surface area contributed by atoms with Crippen LogP contribution in [0.5, 0.6) is 0 Å². The number of benzene rings is 1. The summed E-state index contributed by atoms with van der Waals surface area (Å²) in [6, 6.07) is 5.38. The summed E-state index contributed by atoms with van der Waals surface area (Å²) in [4.78, 5) is 4.36. The van der Waals surface area contributed by atoms with E-state index in [0.717, 1.165) is 16.4 Å². The number of halogens is 1. The first-order chi connectivity index (χ1) is 7.65. The zero-order valence-electron chi connectivity index (χ0n) is 8.83. The van der Waals surface area contributed by atoms with Gasteiger partial charge in [0.1, 0.15) is 0 Å². The Morgan fingerprint density at radius 1 is 1.50 bits per heavy atom. The maximum absolute atomic E-state index is 5.89. The molecule has 0 bridgehead atoms. The number of nitrogen functional groups attached to an aromatic ring is 1. The molecule has 3 N–H and O–H groups in total. The standard InChI is InChI=1S/C11H12ClN3S/c1-7-15-9(6-16-7)5-14-11-4-8(12)2-3-10(11)13/h2-4,6,14H,5,13H2,1H3. The fraction of sp³-hybridized carbons (Fsp3) is 0.182. The fourth-order valence-corrected chi connectivity index (χ4v) is 2.14. The van der Waals surface area contributed by atoms with Gasteiger partial charge in [0.15, 0.2) is 0 Å². The van der Waals surface area contributed by atoms with Crippen LogP contribution < -0.4 is 11.1 Å². The summed E-state index contributed by atoms with van der Waals surface area (Å²) >= 11 is 7.53. The maximum atomic E-state index is 5.89. The van der Waals surface area contributed by atoms with E-state index in [9.17, 15) is 0 Å². The summed E-state index contributed by atoms with van der Waals surface area (Å²) in [5.41, 5.74) is 8.37. The third kappa shape index (κ3) is 2.65. The molecule has 1 aromatic heterocycles. The second-order valence-electron chi connectivity index (χ2n) is 3.44. The number of nitrogens with zero attached hydrogens (tertiary/aromatic N) is 1. The van der Waals surface area contributed by atoms with Crippen molar-refractivity contribution in [3.63, 3.8) is 0 Å². The molecule has 1 heterocycles. The van der Waals surface area contributed by atoms with Gasteiger partial charge < -0.3 is 11.1 Å². The van der Waals surface area contributed by atoms with Crippen molar-refractivity contribution in [1.29, 1.82) is 0 Å². The highest BCUT2D eigenvalue weighted by molar-refractivity contribution is 7.09. The minimum atomic E-state index is 0.662. The lowest BCUT2D eigenvalue weighted by molar-refractivity contribution is 1.06. The van der Waals surface area contributed by atoms with Gasteiger partial charge in [0, 0.05) is 10.4 Å². The zero-order chi connectivity index (χ0) is 11.5. The highest BCUT2D eigenvalue weighted by Crippen LogP contribution is 2.23. The molecule has 0 aliphatic rings. The van der Waals surface area contributed by atoms with Crippen LogP contribution in [0.3, 0.4) is 0 Å². The molecule has 84 valence electrons. The lowest BCUT2D eigenvalue weighted by Gasteiger charge is -2.08. The predicted octanol–water partition coefficient (Wildman–Crippen LogP) is 3.30. The van der Waals surface area contributed by atoms with Gasteiger partial charge in [-0.05, 0) is 25.1 Å². The van der Waals surface area contributed by atoms with Crippen LogP contribution in [0.1, 0.15) is 10.7 Å². The molecule has 5 heteroatoms. The van der Waals surface area contributed by atoms with Gasteiger partial charge in [0.05, 0.1) is 28.6 Å². The van der Waals surface area contributed by atoms with E-state index in [-0.39, 0.29) is 0 Å². The number of anilines is 2. The molecule has 0 saturated heterocycles. The van der Waals surface area contributed by atoms with E-state index < -0.39 is 0 Å². The van der Waals surface area contributed by atoms with Crippen molar-refractivity contribution in [3.8, 4) is 0 Å². The van der Waals surface area contributed by atoms with Crippen LogP contribution in [0.4, 0.5) is 11.4 Å². The third-order valence-corrected chi connectivity index (χ3v) is 3.20. The molecular formula is C11H12ClN3S. The second kappa shape index (κ2) is 4.72. The van der Waals surface area contributed by atoms with Crippen molar-refractivity contribution in [2.45, 2.75) is 13.5 Å². The van der Waals surface area contributed by atoms with Crippen LogP contribution in [-0.2, 0) is 6.54 Å². The summed E-state index contributed by atoms with van der Waals surface area (Å²) in [5.74, 6) is 0. The lowest BCUT2D eigenvalue weighted by Crippen LogP contribution is -2.02. The zero-order valence-corrected chi connectivity index (χ0v) is 10.4. The number of hydrogen-bond donors (Lipinski definition) is 2. The van der Waals surface area contributed by atoms with E-state index in [2.05, 4.69) is 10.3 Å². The molecule has 3 nitrogen and oxygen atoms in total. The Labute approximate surface area is 103 Å². The molecule has 2 aromatic rings. The highest BCUT2D eigenvalue weighted by atomic mass is 35.5. The average Bonchev–Trinajstić information content (AvgIpc) is 2.66. The Balaban J connectivity index is 2.07. The summed E-state index contributed by atoms with van der Waals surface area (Å²) < 4.78 is 0. The molecule has 0 atom stereocenters. The summed E-state index contributed by atoms with van der Waals surface area (Å²) in [6.07, 6.45) is 0. The van der Waals surface area contributed by atoms with Crippen LogP contribution in [0.2, 0.25) is 5.02 Å². The van der Waals surface area contributed by atoms with Gasteiger partial charge in [-0.15, -0.1) is 11.3 Å². The minimum absolute atomic E-state index is 0.662. The van der Waals surface area contributed by atoms with Gasteiger partial charge in [-0.2, -0.15) is 0 Å². The average molecular weight is 254 g/mol. The second-order valence-corrected chi connectivity index (χ2v) is 4.94. The van der Waals surface area contributed by atoms with Crippen molar-refractivity contribution in [3.05, 3.63) is 39.3 Å². The SMILES string of the molecule is Cc1nc(CNc2cc(Cl)ccc2N)cs1. The van der Waals surface area contributed by atoms with E-state index >= 15 is 0 Å². The highest BCUT2D eigenvalue weighted by Gasteiger charge is 2.02. The summed E-state index contributed by atoms with van der Waals surface area (Å²) in [7, 11) is 0. The maximum Gasteiger partial charge on any atom is 0.0898 e. The molecule has 0 aliphatic heterocycles. The quantitative estimate of drug-likeness (QED) is 0.826. The number of thiazole rings is 1. The predicted molar refractivity (Wildman–Crippen MR) is 70.0 cm³/mol. The Morgan fingerprint density at radius 3 is 3.00 bits per heavy atom. The van der Waals surface area contributed by atoms with Crippen LogP contribution in [0.25, 0.3) is 0 Å². The van der Waals surface area contributed by atoms with Crippen molar-refractivity contribution in [2.75, 3.05) is 11.1 Å². The van der Waals surface area contributed by atoms with Crippen molar-refractivity contribution < 1.29 is 0 Å². The van der Waals surface area contributed by atoms with Crippen LogP contribution in [0, 0.1) is 6.92 Å². The van der Waals surface area contributed by atoms with E-state index in [4.69, 9.17) is 17.3 Å². The first kappa shape index (κ1) is 11.2. The molecule has 0 aliphatic carbocycles. The van der Waals surface area contributed by atoms with Gasteiger partial charge in [0.25, 0.3) is 0 Å². The molecule has 0 spiro atoms. The largest absolute Gasteiger partial charge is 0.397 e. The molecule has 0 amide bonds. The van der Waals surface area contributed by atoms with Gasteiger partial charge in [-0.3, -0.25) is 0 Å². The van der Waals surface area contributed by atoms with Gasteiger partial charge in [-0.25, -0.2) is 4.98 Å². The molecule has 0 fully saturated rings. The van der Waals surface area contributed by atoms with Crippen molar-refractivity contribution >= 4 is 34.3 Å². The van der Waals surface area contributed by atoms with E-state index in [1.54, 1.807) is 23.5 Å². The smallest absolute Gasteiger partial charge is 0.0898 e. The lowest BCUT2D eigenvalue weighted by atomic mass is 10.2. The normalized spacial score (nSPS) is 10.4. The monoisotopic (exact) mass is 253 g/mol. The van der Waals surface area contributed by atoms with E-state index in [1.807, 2.05) is 18.4 Å². The van der Waals surface area contributed by atoms with Gasteiger partial charge >= 0.3 is 0 Å². The molecule has 0 radical (unpaired) electrons. The van der Waals surface area contributed by atoms with Crippen LogP contribution >= 0.6 is 22.9 Å². The van der Waals surface area contributed by atoms with Gasteiger partial charge in [0.2, 0.25) is 0 Å². The number of nitrogens with one attached hydrogen (secondary N) is 1. The first-order valence-corrected chi connectivity index (χ1v) is 6.11. The fourth-order valence-electron chi connectivity index (χ4n) is 1.36. The number of nitrogens with two attached hydrogens (primary N) is 1. The molecular weight excluding hydrogens is 242 g/mol. The Bertz CT molecular complexity index is 496. The Morgan fingerprint density at radius 2 is 2.31 bits per heavy atom. The number of rotatable bonds is 3. The number of hydrogen-bond acceptors (Lipinski definition) is 4. The van der Waals surface area contributed by atoms with Crippen molar-refractivity contribution in [2.24, 2.45) is 0 Å². The number of aryl methyl sites for hydroxylation is 1. The topological polar surface area (TPSA) is 50.9 Å². The van der Waals surface area contributed by atoms with Gasteiger partial charge in [-0.1, -0.05) is 11.6 Å². The summed E-state index contributed by atoms with van der Waals surface area (Å²) in [6.45, 7) is 2.65. The molecule has 0 unspecified atom stereocenters. The van der Waals surface area contributed by atoms with E-state index in [0.29, 0.717) is 17.3 Å². The van der Waals surface area contributed by atoms with Crippen LogP contribution in [0.15, 0.2) is 23.6 Å². The number of aromatic nitrogens is 1. The minimum Gasteiger partial charge on any atom is -0.397 e. The van der Waals surface area contributed by atoms with Crippen LogP contribution in [-0.4, -0.2) is 4.98 Å². The van der Waals surface area contributed by atoms with Crippen molar-refractivity contribution in [1.82, 2.24) is 4.98 Å². The molecule has 0 saturated carbocycles. The molecule has 2 rings (SSSR count). The Kier molecular flexibility index (Phi) is 3.31. The summed E-state index contributed by atoms with van der Waals surface area (Å²) in [5, 5.41) is 6.99. The van der Waals surface area contributed by atoms with E-state index in [1.165, 1.54) is 0 Å². The Hall–Kier alpha value is -1.26.